The molecule has 0 amide bonds. The number of nitrogens with zero attached hydrogens (tertiary/aromatic N) is 2. The first-order valence-corrected chi connectivity index (χ1v) is 4.65. The van der Waals surface area contributed by atoms with Crippen molar-refractivity contribution in [2.75, 3.05) is 0 Å². The second-order valence-corrected chi connectivity index (χ2v) is 3.33. The van der Waals surface area contributed by atoms with Crippen LogP contribution in [0.15, 0.2) is 24.3 Å². The summed E-state index contributed by atoms with van der Waals surface area (Å²) in [7, 11) is 0. The molecule has 0 saturated carbocycles. The van der Waals surface area contributed by atoms with Crippen molar-refractivity contribution in [3.05, 3.63) is 35.4 Å². The largest absolute Gasteiger partial charge is 0.198 e. The van der Waals surface area contributed by atoms with Crippen LogP contribution in [-0.4, -0.2) is 0 Å². The lowest BCUT2D eigenvalue weighted by molar-refractivity contribution is 0.695. The molecule has 1 aromatic carbocycles. The Kier molecular flexibility index (Phi) is 3.70. The van der Waals surface area contributed by atoms with Gasteiger partial charge in [-0.05, 0) is 30.0 Å². The van der Waals surface area contributed by atoms with Gasteiger partial charge in [0.05, 0.1) is 17.7 Å². The molecule has 0 heterocycles. The van der Waals surface area contributed by atoms with Crippen molar-refractivity contribution in [3.8, 4) is 12.1 Å². The lowest BCUT2D eigenvalue weighted by Crippen LogP contribution is -1.92. The van der Waals surface area contributed by atoms with E-state index in [0.29, 0.717) is 17.9 Å². The van der Waals surface area contributed by atoms with Crippen molar-refractivity contribution < 1.29 is 0 Å². The highest BCUT2D eigenvalue weighted by Gasteiger charge is 2.04. The third-order valence-electron chi connectivity index (χ3n) is 2.30. The molecule has 2 nitrogen and oxygen atoms in total. The van der Waals surface area contributed by atoms with Gasteiger partial charge in [-0.3, -0.25) is 0 Å². The van der Waals surface area contributed by atoms with Gasteiger partial charge in [0.1, 0.15) is 0 Å². The normalized spacial score (nSPS) is 11.4. The molecule has 0 aliphatic rings. The Morgan fingerprint density at radius 2 is 1.86 bits per heavy atom. The van der Waals surface area contributed by atoms with E-state index in [1.165, 1.54) is 5.56 Å². The Labute approximate surface area is 84.4 Å². The maximum Gasteiger partial charge on any atom is 0.0991 e. The molecule has 0 aromatic heterocycles. The van der Waals surface area contributed by atoms with Crippen molar-refractivity contribution in [1.82, 2.24) is 0 Å². The summed E-state index contributed by atoms with van der Waals surface area (Å²) in [5, 5.41) is 17.1. The lowest BCUT2D eigenvalue weighted by atomic mass is 9.96. The van der Waals surface area contributed by atoms with E-state index in [1.807, 2.05) is 24.3 Å². The summed E-state index contributed by atoms with van der Waals surface area (Å²) in [6.07, 6.45) is 1.46. The van der Waals surface area contributed by atoms with Crippen LogP contribution in [0.5, 0.6) is 0 Å². The minimum Gasteiger partial charge on any atom is -0.198 e. The monoisotopic (exact) mass is 184 g/mol. The summed E-state index contributed by atoms with van der Waals surface area (Å²) < 4.78 is 0. The van der Waals surface area contributed by atoms with Crippen LogP contribution < -0.4 is 0 Å². The Balaban J connectivity index is 2.68. The molecule has 0 fully saturated rings. The molecule has 70 valence electrons. The van der Waals surface area contributed by atoms with E-state index in [0.717, 1.165) is 6.42 Å². The summed E-state index contributed by atoms with van der Waals surface area (Å²) in [6, 6.07) is 11.8. The van der Waals surface area contributed by atoms with Crippen molar-refractivity contribution in [2.24, 2.45) is 0 Å². The van der Waals surface area contributed by atoms with E-state index in [2.05, 4.69) is 19.1 Å². The fourth-order valence-electron chi connectivity index (χ4n) is 1.33. The molecule has 0 spiro atoms. The SMILES string of the molecule is CC(CCC#N)c1ccc(C#N)cc1. The number of hydrogen-bond donors (Lipinski definition) is 0. The van der Waals surface area contributed by atoms with Gasteiger partial charge >= 0.3 is 0 Å². The maximum atomic E-state index is 8.62. The topological polar surface area (TPSA) is 47.6 Å². The van der Waals surface area contributed by atoms with Gasteiger partial charge in [-0.15, -0.1) is 0 Å². The third kappa shape index (κ3) is 2.61. The van der Waals surface area contributed by atoms with Gasteiger partial charge in [-0.1, -0.05) is 19.1 Å². The predicted molar refractivity (Wildman–Crippen MR) is 54.4 cm³/mol. The maximum absolute atomic E-state index is 8.62. The van der Waals surface area contributed by atoms with E-state index in [1.54, 1.807) is 0 Å². The second kappa shape index (κ2) is 5.04. The van der Waals surface area contributed by atoms with Crippen molar-refractivity contribution in [1.29, 1.82) is 10.5 Å². The Morgan fingerprint density at radius 3 is 2.36 bits per heavy atom. The summed E-state index contributed by atoms with van der Waals surface area (Å²) in [4.78, 5) is 0. The first kappa shape index (κ1) is 10.3. The van der Waals surface area contributed by atoms with E-state index >= 15 is 0 Å². The van der Waals surface area contributed by atoms with Crippen molar-refractivity contribution >= 4 is 0 Å². The van der Waals surface area contributed by atoms with Crippen LogP contribution in [0, 0.1) is 22.7 Å². The molecule has 14 heavy (non-hydrogen) atoms. The summed E-state index contributed by atoms with van der Waals surface area (Å²) in [5.41, 5.74) is 1.88. The van der Waals surface area contributed by atoms with Crippen molar-refractivity contribution in [3.63, 3.8) is 0 Å². The smallest absolute Gasteiger partial charge is 0.0991 e. The van der Waals surface area contributed by atoms with E-state index in [9.17, 15) is 0 Å². The van der Waals surface area contributed by atoms with Crippen LogP contribution in [0.4, 0.5) is 0 Å². The molecule has 0 bridgehead atoms. The van der Waals surface area contributed by atoms with Gasteiger partial charge in [0, 0.05) is 6.42 Å². The fraction of sp³-hybridized carbons (Fsp3) is 0.333. The molecule has 0 aliphatic carbocycles. The Hall–Kier alpha value is -1.80. The molecule has 0 N–H and O–H groups in total. The molecular weight excluding hydrogens is 172 g/mol. The Bertz CT molecular complexity index is 365. The zero-order valence-electron chi connectivity index (χ0n) is 8.20. The summed E-state index contributed by atoms with van der Waals surface area (Å²) in [6.45, 7) is 2.10. The zero-order valence-corrected chi connectivity index (χ0v) is 8.20. The first-order valence-electron chi connectivity index (χ1n) is 4.65. The van der Waals surface area contributed by atoms with Gasteiger partial charge in [-0.2, -0.15) is 10.5 Å². The lowest BCUT2D eigenvalue weighted by Gasteiger charge is -2.08. The minimum absolute atomic E-state index is 0.391. The van der Waals surface area contributed by atoms with Gasteiger partial charge in [0.25, 0.3) is 0 Å². The van der Waals surface area contributed by atoms with Crippen molar-refractivity contribution in [2.45, 2.75) is 25.7 Å². The number of hydrogen-bond acceptors (Lipinski definition) is 2. The van der Waals surface area contributed by atoms with Gasteiger partial charge in [0.15, 0.2) is 0 Å². The third-order valence-corrected chi connectivity index (χ3v) is 2.30. The second-order valence-electron chi connectivity index (χ2n) is 3.33. The van der Waals surface area contributed by atoms with Crippen LogP contribution in [-0.2, 0) is 0 Å². The van der Waals surface area contributed by atoms with Gasteiger partial charge < -0.3 is 0 Å². The molecule has 0 saturated heterocycles. The molecule has 0 aliphatic heterocycles. The molecule has 1 rings (SSSR count). The van der Waals surface area contributed by atoms with E-state index in [4.69, 9.17) is 10.5 Å². The molecule has 1 atom stereocenters. The number of benzene rings is 1. The summed E-state index contributed by atoms with van der Waals surface area (Å²) >= 11 is 0. The zero-order chi connectivity index (χ0) is 10.4. The first-order chi connectivity index (χ1) is 6.77. The van der Waals surface area contributed by atoms with Crippen LogP contribution in [0.1, 0.15) is 36.8 Å². The highest BCUT2D eigenvalue weighted by atomic mass is 14.2. The van der Waals surface area contributed by atoms with Gasteiger partial charge in [-0.25, -0.2) is 0 Å². The van der Waals surface area contributed by atoms with Crippen LogP contribution in [0.2, 0.25) is 0 Å². The molecule has 0 radical (unpaired) electrons. The average Bonchev–Trinajstić information content (AvgIpc) is 2.26. The summed E-state index contributed by atoms with van der Waals surface area (Å²) in [5.74, 6) is 0.391. The number of rotatable bonds is 3. The molecular formula is C12H12N2. The van der Waals surface area contributed by atoms with Gasteiger partial charge in [0.2, 0.25) is 0 Å². The van der Waals surface area contributed by atoms with Crippen LogP contribution >= 0.6 is 0 Å². The highest BCUT2D eigenvalue weighted by Crippen LogP contribution is 2.20. The molecule has 1 aromatic rings. The highest BCUT2D eigenvalue weighted by molar-refractivity contribution is 5.32. The number of nitriles is 2. The standard InChI is InChI=1S/C12H12N2/c1-10(3-2-8-13)12-6-4-11(9-14)5-7-12/h4-7,10H,2-3H2,1H3. The Morgan fingerprint density at radius 1 is 1.21 bits per heavy atom. The minimum atomic E-state index is 0.391. The molecule has 2 heteroatoms. The van der Waals surface area contributed by atoms with Crippen LogP contribution in [0.3, 0.4) is 0 Å². The van der Waals surface area contributed by atoms with Crippen LogP contribution in [0.25, 0.3) is 0 Å². The van der Waals surface area contributed by atoms with E-state index in [-0.39, 0.29) is 0 Å². The van der Waals surface area contributed by atoms with E-state index < -0.39 is 0 Å². The quantitative estimate of drug-likeness (QED) is 0.725. The fourth-order valence-corrected chi connectivity index (χ4v) is 1.33. The molecule has 1 unspecified atom stereocenters. The predicted octanol–water partition coefficient (Wildman–Crippen LogP) is 2.97. The average molecular weight is 184 g/mol.